The van der Waals surface area contributed by atoms with Crippen molar-refractivity contribution in [2.75, 3.05) is 18.1 Å². The van der Waals surface area contributed by atoms with Crippen LogP contribution in [0, 0.1) is 0 Å². The Morgan fingerprint density at radius 3 is 2.70 bits per heavy atom. The van der Waals surface area contributed by atoms with E-state index in [4.69, 9.17) is 9.47 Å². The number of hydrogen-bond donors (Lipinski definition) is 2. The average Bonchev–Trinajstić information content (AvgIpc) is 2.58. The molecule has 0 bridgehead atoms. The highest BCUT2D eigenvalue weighted by Gasteiger charge is 2.42. The Morgan fingerprint density at radius 2 is 2.11 bits per heavy atom. The van der Waals surface area contributed by atoms with E-state index in [1.165, 1.54) is 4.90 Å². The molecule has 0 radical (unpaired) electrons. The maximum Gasteiger partial charge on any atom is 0.338 e. The van der Waals surface area contributed by atoms with Crippen LogP contribution in [-0.4, -0.2) is 58.0 Å². The fourth-order valence-corrected chi connectivity index (χ4v) is 3.15. The van der Waals surface area contributed by atoms with Gasteiger partial charge in [0.25, 0.3) is 5.91 Å². The minimum atomic E-state index is -1.72. The Balaban J connectivity index is 1.77. The van der Waals surface area contributed by atoms with E-state index in [0.717, 1.165) is 6.42 Å². The Hall–Kier alpha value is -2.03. The molecule has 148 valence electrons. The summed E-state index contributed by atoms with van der Waals surface area (Å²) in [5.74, 6) is -1.11. The number of ether oxygens (including phenoxy) is 2. The third-order valence-corrected chi connectivity index (χ3v) is 4.73. The summed E-state index contributed by atoms with van der Waals surface area (Å²) in [7, 11) is 0. The number of pyridine rings is 1. The van der Waals surface area contributed by atoms with Crippen molar-refractivity contribution in [1.82, 2.24) is 4.98 Å². The number of morpholine rings is 1. The van der Waals surface area contributed by atoms with Gasteiger partial charge in [0.1, 0.15) is 17.0 Å². The fourth-order valence-electron chi connectivity index (χ4n) is 3.15. The van der Waals surface area contributed by atoms with Gasteiger partial charge >= 0.3 is 5.97 Å². The lowest BCUT2D eigenvalue weighted by atomic mass is 9.77. The van der Waals surface area contributed by atoms with Gasteiger partial charge in [-0.3, -0.25) is 9.69 Å². The van der Waals surface area contributed by atoms with E-state index in [0.29, 0.717) is 24.4 Å². The molecule has 2 fully saturated rings. The highest BCUT2D eigenvalue weighted by atomic mass is 16.6. The number of amides is 1. The summed E-state index contributed by atoms with van der Waals surface area (Å²) in [6.45, 7) is 5.41. The standard InChI is InChI=1S/C19H26N2O6/c1-18(2,3)27-17(24)14(22)15-16(23)21(10-11-26-15)13-7-4-6-12(20-13)19(25)8-5-9-19/h4,6-7,14-15,22,25H,5,8-11H2,1-3H3/t14-,15-/m1/s1. The van der Waals surface area contributed by atoms with Gasteiger partial charge in [0.05, 0.1) is 18.8 Å². The summed E-state index contributed by atoms with van der Waals surface area (Å²) in [5, 5.41) is 20.8. The zero-order valence-electron chi connectivity index (χ0n) is 15.8. The molecule has 1 saturated carbocycles. The average molecular weight is 378 g/mol. The van der Waals surface area contributed by atoms with Crippen LogP contribution in [0.1, 0.15) is 45.7 Å². The van der Waals surface area contributed by atoms with E-state index in [-0.39, 0.29) is 13.2 Å². The molecule has 3 rings (SSSR count). The van der Waals surface area contributed by atoms with Gasteiger partial charge in [0, 0.05) is 0 Å². The number of anilines is 1. The molecule has 2 atom stereocenters. The number of carbonyl (C=O) groups is 2. The monoisotopic (exact) mass is 378 g/mol. The maximum absolute atomic E-state index is 12.8. The lowest BCUT2D eigenvalue weighted by molar-refractivity contribution is -0.177. The summed E-state index contributed by atoms with van der Waals surface area (Å²) < 4.78 is 10.5. The van der Waals surface area contributed by atoms with Gasteiger partial charge in [-0.2, -0.15) is 0 Å². The Kier molecular flexibility index (Phi) is 5.24. The summed E-state index contributed by atoms with van der Waals surface area (Å²) in [6.07, 6.45) is -0.867. The van der Waals surface area contributed by atoms with E-state index in [1.54, 1.807) is 39.0 Å². The zero-order chi connectivity index (χ0) is 19.8. The fraction of sp³-hybridized carbons (Fsp3) is 0.632. The minimum absolute atomic E-state index is 0.145. The second-order valence-corrected chi connectivity index (χ2v) is 8.03. The SMILES string of the molecule is CC(C)(C)OC(=O)[C@H](O)[C@H]1OCCN(c2cccc(C3(O)CCC3)n2)C1=O. The van der Waals surface area contributed by atoms with Gasteiger partial charge in [0.15, 0.2) is 12.2 Å². The molecule has 2 N–H and O–H groups in total. The van der Waals surface area contributed by atoms with Gasteiger partial charge < -0.3 is 19.7 Å². The lowest BCUT2D eigenvalue weighted by Gasteiger charge is -2.37. The second-order valence-electron chi connectivity index (χ2n) is 8.03. The number of hydrogen-bond acceptors (Lipinski definition) is 7. The van der Waals surface area contributed by atoms with Gasteiger partial charge in [-0.05, 0) is 52.2 Å². The zero-order valence-corrected chi connectivity index (χ0v) is 15.8. The van der Waals surface area contributed by atoms with Crippen molar-refractivity contribution in [2.24, 2.45) is 0 Å². The van der Waals surface area contributed by atoms with Crippen LogP contribution in [0.5, 0.6) is 0 Å². The number of aliphatic hydroxyl groups excluding tert-OH is 1. The molecular weight excluding hydrogens is 352 g/mol. The third-order valence-electron chi connectivity index (χ3n) is 4.73. The van der Waals surface area contributed by atoms with Crippen LogP contribution in [0.4, 0.5) is 5.82 Å². The molecule has 2 aliphatic rings. The number of nitrogens with zero attached hydrogens (tertiary/aromatic N) is 2. The van der Waals surface area contributed by atoms with E-state index in [9.17, 15) is 19.8 Å². The Morgan fingerprint density at radius 1 is 1.41 bits per heavy atom. The Bertz CT molecular complexity index is 725. The van der Waals surface area contributed by atoms with Gasteiger partial charge in [-0.25, -0.2) is 9.78 Å². The molecule has 2 heterocycles. The number of carbonyl (C=O) groups excluding carboxylic acids is 2. The molecule has 0 unspecified atom stereocenters. The van der Waals surface area contributed by atoms with Crippen LogP contribution in [0.2, 0.25) is 0 Å². The highest BCUT2D eigenvalue weighted by molar-refractivity contribution is 5.99. The maximum atomic E-state index is 12.8. The molecule has 1 aliphatic carbocycles. The van der Waals surface area contributed by atoms with Crippen molar-refractivity contribution in [3.8, 4) is 0 Å². The smallest absolute Gasteiger partial charge is 0.338 e. The van der Waals surface area contributed by atoms with Crippen LogP contribution in [0.3, 0.4) is 0 Å². The van der Waals surface area contributed by atoms with Crippen LogP contribution in [-0.2, 0) is 24.7 Å². The first-order valence-corrected chi connectivity index (χ1v) is 9.15. The molecule has 1 aliphatic heterocycles. The number of esters is 1. The molecule has 0 spiro atoms. The van der Waals surface area contributed by atoms with Crippen LogP contribution in [0.25, 0.3) is 0 Å². The largest absolute Gasteiger partial charge is 0.458 e. The topological polar surface area (TPSA) is 109 Å². The molecule has 1 aromatic rings. The first-order chi connectivity index (χ1) is 12.6. The molecule has 1 saturated heterocycles. The van der Waals surface area contributed by atoms with Crippen molar-refractivity contribution in [3.63, 3.8) is 0 Å². The predicted molar refractivity (Wildman–Crippen MR) is 95.9 cm³/mol. The number of rotatable bonds is 4. The van der Waals surface area contributed by atoms with Crippen molar-refractivity contribution in [2.45, 2.75) is 63.4 Å². The summed E-state index contributed by atoms with van der Waals surface area (Å²) in [6, 6.07) is 5.13. The van der Waals surface area contributed by atoms with Gasteiger partial charge in [0.2, 0.25) is 0 Å². The minimum Gasteiger partial charge on any atom is -0.458 e. The molecule has 1 amide bonds. The summed E-state index contributed by atoms with van der Waals surface area (Å²) >= 11 is 0. The van der Waals surface area contributed by atoms with Crippen molar-refractivity contribution >= 4 is 17.7 Å². The molecule has 27 heavy (non-hydrogen) atoms. The second kappa shape index (κ2) is 7.18. The van der Waals surface area contributed by atoms with Crippen molar-refractivity contribution in [3.05, 3.63) is 23.9 Å². The van der Waals surface area contributed by atoms with Crippen molar-refractivity contribution in [1.29, 1.82) is 0 Å². The molecule has 0 aromatic carbocycles. The third kappa shape index (κ3) is 4.12. The quantitative estimate of drug-likeness (QED) is 0.749. The molecule has 1 aromatic heterocycles. The van der Waals surface area contributed by atoms with E-state index in [1.807, 2.05) is 0 Å². The van der Waals surface area contributed by atoms with Gasteiger partial charge in [-0.15, -0.1) is 0 Å². The summed E-state index contributed by atoms with van der Waals surface area (Å²) in [4.78, 5) is 30.7. The van der Waals surface area contributed by atoms with Crippen LogP contribution < -0.4 is 4.90 Å². The van der Waals surface area contributed by atoms with E-state index < -0.39 is 35.3 Å². The number of aromatic nitrogens is 1. The Labute approximate surface area is 158 Å². The van der Waals surface area contributed by atoms with E-state index in [2.05, 4.69) is 4.98 Å². The van der Waals surface area contributed by atoms with Crippen LogP contribution >= 0.6 is 0 Å². The summed E-state index contributed by atoms with van der Waals surface area (Å²) in [5.41, 5.74) is -1.21. The molecular formula is C19H26N2O6. The first-order valence-electron chi connectivity index (χ1n) is 9.15. The van der Waals surface area contributed by atoms with Crippen LogP contribution in [0.15, 0.2) is 18.2 Å². The number of aliphatic hydroxyl groups is 2. The van der Waals surface area contributed by atoms with Gasteiger partial charge in [-0.1, -0.05) is 6.07 Å². The lowest BCUT2D eigenvalue weighted by Crippen LogP contribution is -2.55. The molecule has 8 nitrogen and oxygen atoms in total. The normalized spacial score (nSPS) is 23.5. The van der Waals surface area contributed by atoms with Crippen molar-refractivity contribution < 1.29 is 29.3 Å². The first kappa shape index (κ1) is 19.7. The predicted octanol–water partition coefficient (Wildman–Crippen LogP) is 0.887. The highest BCUT2D eigenvalue weighted by Crippen LogP contribution is 2.40. The molecule has 8 heteroatoms. The van der Waals surface area contributed by atoms with E-state index >= 15 is 0 Å².